The Hall–Kier alpha value is -1.29. The van der Waals surface area contributed by atoms with E-state index in [-0.39, 0.29) is 6.10 Å². The van der Waals surface area contributed by atoms with E-state index < -0.39 is 0 Å². The zero-order chi connectivity index (χ0) is 13.0. The third-order valence-electron chi connectivity index (χ3n) is 2.40. The van der Waals surface area contributed by atoms with Gasteiger partial charge in [0.15, 0.2) is 6.10 Å². The van der Waals surface area contributed by atoms with Gasteiger partial charge in [0.1, 0.15) is 5.75 Å². The summed E-state index contributed by atoms with van der Waals surface area (Å²) in [4.78, 5) is 4.22. The third-order valence-corrected chi connectivity index (χ3v) is 3.14. The molecule has 5 heteroatoms. The van der Waals surface area contributed by atoms with Crippen LogP contribution in [0.4, 0.5) is 0 Å². The van der Waals surface area contributed by atoms with Crippen molar-refractivity contribution in [2.75, 3.05) is 6.54 Å². The van der Waals surface area contributed by atoms with Gasteiger partial charge in [-0.25, -0.2) is 0 Å². The van der Waals surface area contributed by atoms with Gasteiger partial charge in [0.2, 0.25) is 0 Å². The van der Waals surface area contributed by atoms with Gasteiger partial charge in [-0.2, -0.15) is 0 Å². The highest BCUT2D eigenvalue weighted by Gasteiger charge is 2.13. The number of benzene rings is 1. The zero-order valence-corrected chi connectivity index (χ0v) is 11.0. The predicted molar refractivity (Wildman–Crippen MR) is 73.1 cm³/mol. The lowest BCUT2D eigenvalue weighted by Gasteiger charge is -2.17. The normalized spacial score (nSPS) is 12.2. The number of hydrogen-bond donors (Lipinski definition) is 1. The van der Waals surface area contributed by atoms with Crippen molar-refractivity contribution in [3.05, 3.63) is 58.3 Å². The molecule has 2 rings (SSSR count). The molecule has 0 amide bonds. The van der Waals surface area contributed by atoms with Gasteiger partial charge in [-0.05, 0) is 24.3 Å². The lowest BCUT2D eigenvalue weighted by molar-refractivity contribution is 0.209. The van der Waals surface area contributed by atoms with E-state index >= 15 is 0 Å². The van der Waals surface area contributed by atoms with Gasteiger partial charge < -0.3 is 10.5 Å². The summed E-state index contributed by atoms with van der Waals surface area (Å²) in [5, 5.41) is 0.942. The number of aromatic nitrogens is 1. The molecule has 1 aromatic heterocycles. The van der Waals surface area contributed by atoms with Crippen LogP contribution in [0.25, 0.3) is 0 Å². The first-order valence-electron chi connectivity index (χ1n) is 5.43. The van der Waals surface area contributed by atoms with Crippen LogP contribution in [-0.2, 0) is 0 Å². The SMILES string of the molecule is NCC(Oc1ccc(Cl)c(Cl)c1)c1ccccn1. The fourth-order valence-corrected chi connectivity index (χ4v) is 1.80. The quantitative estimate of drug-likeness (QED) is 0.934. The van der Waals surface area contributed by atoms with E-state index in [9.17, 15) is 0 Å². The molecule has 1 unspecified atom stereocenters. The summed E-state index contributed by atoms with van der Waals surface area (Å²) >= 11 is 11.8. The summed E-state index contributed by atoms with van der Waals surface area (Å²) in [6.45, 7) is 0.331. The van der Waals surface area contributed by atoms with Gasteiger partial charge in [0.05, 0.1) is 15.7 Å². The fourth-order valence-electron chi connectivity index (χ4n) is 1.51. The van der Waals surface area contributed by atoms with Gasteiger partial charge >= 0.3 is 0 Å². The molecule has 0 saturated heterocycles. The monoisotopic (exact) mass is 282 g/mol. The highest BCUT2D eigenvalue weighted by molar-refractivity contribution is 6.42. The van der Waals surface area contributed by atoms with Crippen molar-refractivity contribution in [1.29, 1.82) is 0 Å². The number of rotatable bonds is 4. The number of hydrogen-bond acceptors (Lipinski definition) is 3. The molecule has 1 heterocycles. The van der Waals surface area contributed by atoms with Crippen LogP contribution in [-0.4, -0.2) is 11.5 Å². The van der Waals surface area contributed by atoms with E-state index in [4.69, 9.17) is 33.7 Å². The Morgan fingerprint density at radius 3 is 2.61 bits per heavy atom. The van der Waals surface area contributed by atoms with Crippen LogP contribution >= 0.6 is 23.2 Å². The number of nitrogens with zero attached hydrogens (tertiary/aromatic N) is 1. The van der Waals surface area contributed by atoms with Crippen molar-refractivity contribution in [3.63, 3.8) is 0 Å². The predicted octanol–water partition coefficient (Wildman–Crippen LogP) is 3.47. The van der Waals surface area contributed by atoms with Crippen LogP contribution in [0.1, 0.15) is 11.8 Å². The maximum absolute atomic E-state index is 5.93. The van der Waals surface area contributed by atoms with Crippen molar-refractivity contribution < 1.29 is 4.74 Å². The lowest BCUT2D eigenvalue weighted by Crippen LogP contribution is -2.19. The van der Waals surface area contributed by atoms with E-state index in [0.717, 1.165) is 5.69 Å². The highest BCUT2D eigenvalue weighted by atomic mass is 35.5. The van der Waals surface area contributed by atoms with E-state index in [1.54, 1.807) is 24.4 Å². The molecule has 0 aliphatic rings. The van der Waals surface area contributed by atoms with Crippen molar-refractivity contribution in [2.24, 2.45) is 5.73 Å². The number of ether oxygens (including phenoxy) is 1. The average Bonchev–Trinajstić information content (AvgIpc) is 2.41. The minimum atomic E-state index is -0.302. The second-order valence-corrected chi connectivity index (χ2v) is 4.49. The molecule has 0 saturated carbocycles. The Labute approximate surface area is 115 Å². The van der Waals surface area contributed by atoms with E-state index in [1.165, 1.54) is 0 Å². The summed E-state index contributed by atoms with van der Waals surface area (Å²) in [6, 6.07) is 10.7. The second-order valence-electron chi connectivity index (χ2n) is 3.67. The Morgan fingerprint density at radius 1 is 1.17 bits per heavy atom. The lowest BCUT2D eigenvalue weighted by atomic mass is 10.2. The molecule has 0 radical (unpaired) electrons. The molecule has 18 heavy (non-hydrogen) atoms. The Morgan fingerprint density at radius 2 is 2.00 bits per heavy atom. The molecule has 0 bridgehead atoms. The van der Waals surface area contributed by atoms with E-state index in [0.29, 0.717) is 22.3 Å². The molecule has 1 aromatic carbocycles. The summed E-state index contributed by atoms with van der Waals surface area (Å²) in [6.07, 6.45) is 1.40. The van der Waals surface area contributed by atoms with Crippen molar-refractivity contribution in [2.45, 2.75) is 6.10 Å². The van der Waals surface area contributed by atoms with Gasteiger partial charge in [-0.15, -0.1) is 0 Å². The molecule has 2 N–H and O–H groups in total. The molecule has 3 nitrogen and oxygen atoms in total. The molecule has 94 valence electrons. The summed E-state index contributed by atoms with van der Waals surface area (Å²) in [7, 11) is 0. The van der Waals surface area contributed by atoms with Crippen LogP contribution in [0, 0.1) is 0 Å². The van der Waals surface area contributed by atoms with Gasteiger partial charge in [0, 0.05) is 18.8 Å². The second kappa shape index (κ2) is 6.05. The maximum Gasteiger partial charge on any atom is 0.153 e. The van der Waals surface area contributed by atoms with Gasteiger partial charge in [0.25, 0.3) is 0 Å². The molecule has 0 spiro atoms. The maximum atomic E-state index is 5.93. The van der Waals surface area contributed by atoms with Crippen LogP contribution < -0.4 is 10.5 Å². The molecular weight excluding hydrogens is 271 g/mol. The van der Waals surface area contributed by atoms with Crippen LogP contribution in [0.15, 0.2) is 42.6 Å². The largest absolute Gasteiger partial charge is 0.483 e. The highest BCUT2D eigenvalue weighted by Crippen LogP contribution is 2.28. The number of nitrogens with two attached hydrogens (primary N) is 1. The summed E-state index contributed by atoms with van der Waals surface area (Å²) in [5.74, 6) is 0.616. The standard InChI is InChI=1S/C13H12Cl2N2O/c14-10-5-4-9(7-11(10)15)18-13(8-16)12-3-1-2-6-17-12/h1-7,13H,8,16H2. The van der Waals surface area contributed by atoms with Crippen molar-refractivity contribution in [1.82, 2.24) is 4.98 Å². The van der Waals surface area contributed by atoms with Crippen LogP contribution in [0.3, 0.4) is 0 Å². The van der Waals surface area contributed by atoms with Crippen LogP contribution in [0.5, 0.6) is 5.75 Å². The molecule has 1 atom stereocenters. The minimum absolute atomic E-state index is 0.302. The zero-order valence-electron chi connectivity index (χ0n) is 9.51. The molecule has 0 fully saturated rings. The topological polar surface area (TPSA) is 48.1 Å². The smallest absolute Gasteiger partial charge is 0.153 e. The van der Waals surface area contributed by atoms with E-state index in [1.807, 2.05) is 18.2 Å². The summed E-state index contributed by atoms with van der Waals surface area (Å²) < 4.78 is 5.75. The minimum Gasteiger partial charge on any atom is -0.483 e. The first kappa shape index (κ1) is 13.1. The van der Waals surface area contributed by atoms with Crippen molar-refractivity contribution >= 4 is 23.2 Å². The Bertz CT molecular complexity index is 520. The third kappa shape index (κ3) is 3.13. The molecular formula is C13H12Cl2N2O. The Kier molecular flexibility index (Phi) is 4.42. The van der Waals surface area contributed by atoms with Crippen molar-refractivity contribution in [3.8, 4) is 5.75 Å². The first-order valence-corrected chi connectivity index (χ1v) is 6.19. The van der Waals surface area contributed by atoms with Gasteiger partial charge in [-0.1, -0.05) is 29.3 Å². The van der Waals surface area contributed by atoms with Crippen LogP contribution in [0.2, 0.25) is 10.0 Å². The number of halogens is 2. The first-order chi connectivity index (χ1) is 8.70. The molecule has 0 aliphatic heterocycles. The fraction of sp³-hybridized carbons (Fsp3) is 0.154. The average molecular weight is 283 g/mol. The van der Waals surface area contributed by atoms with Gasteiger partial charge in [-0.3, -0.25) is 4.98 Å². The number of pyridine rings is 1. The molecule has 0 aliphatic carbocycles. The Balaban J connectivity index is 2.18. The molecule has 2 aromatic rings. The summed E-state index contributed by atoms with van der Waals surface area (Å²) in [5.41, 5.74) is 6.48. The van der Waals surface area contributed by atoms with E-state index in [2.05, 4.69) is 4.98 Å².